The molecule has 0 saturated heterocycles. The van der Waals surface area contributed by atoms with E-state index in [9.17, 15) is 9.90 Å². The van der Waals surface area contributed by atoms with Gasteiger partial charge in [0.15, 0.2) is 0 Å². The Labute approximate surface area is 123 Å². The van der Waals surface area contributed by atoms with Crippen molar-refractivity contribution in [2.45, 2.75) is 13.3 Å². The maximum Gasteiger partial charge on any atom is 0.341 e. The highest BCUT2D eigenvalue weighted by Crippen LogP contribution is 2.14. The maximum absolute atomic E-state index is 11.8. The summed E-state index contributed by atoms with van der Waals surface area (Å²) in [5.74, 6) is 0.397. The fourth-order valence-corrected chi connectivity index (χ4v) is 1.91. The van der Waals surface area contributed by atoms with Gasteiger partial charge in [-0.3, -0.25) is 0 Å². The third-order valence-electron chi connectivity index (χ3n) is 2.95. The summed E-state index contributed by atoms with van der Waals surface area (Å²) < 4.78 is 5.00. The van der Waals surface area contributed by atoms with Gasteiger partial charge in [-0.25, -0.2) is 9.78 Å². The van der Waals surface area contributed by atoms with Gasteiger partial charge in [0.2, 0.25) is 0 Å². The van der Waals surface area contributed by atoms with Gasteiger partial charge in [-0.1, -0.05) is 12.1 Å². The number of nitrogens with one attached hydrogen (secondary N) is 1. The number of anilines is 1. The average Bonchev–Trinajstić information content (AvgIpc) is 2.50. The van der Waals surface area contributed by atoms with Crippen LogP contribution in [0.1, 0.15) is 22.8 Å². The van der Waals surface area contributed by atoms with Gasteiger partial charge < -0.3 is 15.2 Å². The summed E-state index contributed by atoms with van der Waals surface area (Å²) in [6.07, 6.45) is 2.39. The Morgan fingerprint density at radius 3 is 2.76 bits per heavy atom. The van der Waals surface area contributed by atoms with Crippen molar-refractivity contribution in [2.24, 2.45) is 0 Å². The molecule has 0 unspecified atom stereocenters. The van der Waals surface area contributed by atoms with Crippen LogP contribution in [-0.2, 0) is 11.2 Å². The summed E-state index contributed by atoms with van der Waals surface area (Å²) >= 11 is 0. The molecule has 0 aliphatic carbocycles. The number of carbonyl (C=O) groups excluding carboxylic acids is 1. The van der Waals surface area contributed by atoms with Gasteiger partial charge in [0.05, 0.1) is 6.61 Å². The van der Waals surface area contributed by atoms with E-state index in [4.69, 9.17) is 4.74 Å². The summed E-state index contributed by atoms with van der Waals surface area (Å²) in [7, 11) is 0. The van der Waals surface area contributed by atoms with E-state index in [0.717, 1.165) is 12.0 Å². The van der Waals surface area contributed by atoms with Crippen molar-refractivity contribution >= 4 is 11.8 Å². The monoisotopic (exact) mass is 286 g/mol. The Balaban J connectivity index is 1.96. The Morgan fingerprint density at radius 1 is 1.29 bits per heavy atom. The second-order valence-electron chi connectivity index (χ2n) is 4.46. The van der Waals surface area contributed by atoms with E-state index in [1.165, 1.54) is 0 Å². The highest BCUT2D eigenvalue weighted by atomic mass is 16.5. The second kappa shape index (κ2) is 7.28. The summed E-state index contributed by atoms with van der Waals surface area (Å²) in [6.45, 7) is 2.74. The lowest BCUT2D eigenvalue weighted by Gasteiger charge is -2.10. The van der Waals surface area contributed by atoms with Gasteiger partial charge in [-0.05, 0) is 43.2 Å². The van der Waals surface area contributed by atoms with Gasteiger partial charge in [-0.2, -0.15) is 0 Å². The standard InChI is InChI=1S/C16H18N2O3/c1-2-21-16(20)14-4-3-10-17-15(14)18-11-9-12-5-7-13(19)8-6-12/h3-8,10,19H,2,9,11H2,1H3,(H,17,18). The molecule has 1 aromatic carbocycles. The van der Waals surface area contributed by atoms with E-state index in [1.54, 1.807) is 37.4 Å². The van der Waals surface area contributed by atoms with Crippen LogP contribution in [-0.4, -0.2) is 29.2 Å². The number of benzene rings is 1. The zero-order valence-electron chi connectivity index (χ0n) is 11.9. The first-order valence-corrected chi connectivity index (χ1v) is 6.84. The number of ether oxygens (including phenoxy) is 1. The molecule has 21 heavy (non-hydrogen) atoms. The van der Waals surface area contributed by atoms with E-state index in [0.29, 0.717) is 24.5 Å². The topological polar surface area (TPSA) is 71.5 Å². The molecule has 0 bridgehead atoms. The molecule has 5 heteroatoms. The van der Waals surface area contributed by atoms with Crippen molar-refractivity contribution in [3.8, 4) is 5.75 Å². The van der Waals surface area contributed by atoms with Crippen molar-refractivity contribution in [3.05, 3.63) is 53.7 Å². The smallest absolute Gasteiger partial charge is 0.341 e. The largest absolute Gasteiger partial charge is 0.508 e. The predicted octanol–water partition coefficient (Wildman–Crippen LogP) is 2.62. The highest BCUT2D eigenvalue weighted by Gasteiger charge is 2.12. The zero-order chi connectivity index (χ0) is 15.1. The fourth-order valence-electron chi connectivity index (χ4n) is 1.91. The summed E-state index contributed by atoms with van der Waals surface area (Å²) in [5, 5.41) is 12.4. The number of hydrogen-bond acceptors (Lipinski definition) is 5. The molecular weight excluding hydrogens is 268 g/mol. The van der Waals surface area contributed by atoms with E-state index in [-0.39, 0.29) is 11.7 Å². The van der Waals surface area contributed by atoms with Crippen LogP contribution in [0.3, 0.4) is 0 Å². The fraction of sp³-hybridized carbons (Fsp3) is 0.250. The van der Waals surface area contributed by atoms with Gasteiger partial charge in [0.1, 0.15) is 17.1 Å². The number of phenols is 1. The van der Waals surface area contributed by atoms with Crippen molar-refractivity contribution in [1.82, 2.24) is 4.98 Å². The van der Waals surface area contributed by atoms with E-state index in [1.807, 2.05) is 12.1 Å². The van der Waals surface area contributed by atoms with Crippen molar-refractivity contribution in [1.29, 1.82) is 0 Å². The van der Waals surface area contributed by atoms with Gasteiger partial charge in [0.25, 0.3) is 0 Å². The zero-order valence-corrected chi connectivity index (χ0v) is 11.9. The number of rotatable bonds is 6. The van der Waals surface area contributed by atoms with Crippen LogP contribution in [0.5, 0.6) is 5.75 Å². The number of phenolic OH excluding ortho intramolecular Hbond substituents is 1. The number of nitrogens with zero attached hydrogens (tertiary/aromatic N) is 1. The Bertz CT molecular complexity index is 597. The highest BCUT2D eigenvalue weighted by molar-refractivity contribution is 5.94. The minimum Gasteiger partial charge on any atom is -0.508 e. The minimum absolute atomic E-state index is 0.251. The third-order valence-corrected chi connectivity index (χ3v) is 2.95. The first kappa shape index (κ1) is 14.8. The third kappa shape index (κ3) is 4.21. The number of esters is 1. The van der Waals surface area contributed by atoms with Gasteiger partial charge >= 0.3 is 5.97 Å². The molecular formula is C16H18N2O3. The quantitative estimate of drug-likeness (QED) is 0.799. The molecule has 2 rings (SSSR count). The summed E-state index contributed by atoms with van der Waals surface area (Å²) in [6, 6.07) is 10.4. The maximum atomic E-state index is 11.8. The average molecular weight is 286 g/mol. The lowest BCUT2D eigenvalue weighted by Crippen LogP contribution is -2.13. The lowest BCUT2D eigenvalue weighted by molar-refractivity contribution is 0.0527. The van der Waals surface area contributed by atoms with Crippen molar-refractivity contribution in [2.75, 3.05) is 18.5 Å². The first-order chi connectivity index (χ1) is 10.2. The molecule has 0 fully saturated rings. The van der Waals surface area contributed by atoms with Crippen LogP contribution in [0, 0.1) is 0 Å². The number of hydrogen-bond donors (Lipinski definition) is 2. The lowest BCUT2D eigenvalue weighted by atomic mass is 10.1. The Hall–Kier alpha value is -2.56. The van der Waals surface area contributed by atoms with Crippen LogP contribution >= 0.6 is 0 Å². The number of aromatic hydroxyl groups is 1. The normalized spacial score (nSPS) is 10.1. The molecule has 0 spiro atoms. The van der Waals surface area contributed by atoms with Crippen LogP contribution in [0.4, 0.5) is 5.82 Å². The first-order valence-electron chi connectivity index (χ1n) is 6.84. The molecule has 5 nitrogen and oxygen atoms in total. The Morgan fingerprint density at radius 2 is 2.05 bits per heavy atom. The van der Waals surface area contributed by atoms with E-state index in [2.05, 4.69) is 10.3 Å². The van der Waals surface area contributed by atoms with E-state index < -0.39 is 0 Å². The molecule has 0 aliphatic heterocycles. The second-order valence-corrected chi connectivity index (χ2v) is 4.46. The van der Waals surface area contributed by atoms with Crippen LogP contribution < -0.4 is 5.32 Å². The predicted molar refractivity (Wildman–Crippen MR) is 80.5 cm³/mol. The molecule has 0 amide bonds. The SMILES string of the molecule is CCOC(=O)c1cccnc1NCCc1ccc(O)cc1. The summed E-state index contributed by atoms with van der Waals surface area (Å²) in [5.41, 5.74) is 1.53. The molecule has 2 N–H and O–H groups in total. The minimum atomic E-state index is -0.377. The number of pyridine rings is 1. The summed E-state index contributed by atoms with van der Waals surface area (Å²) in [4.78, 5) is 16.0. The van der Waals surface area contributed by atoms with Crippen LogP contribution in [0.15, 0.2) is 42.6 Å². The molecule has 2 aromatic rings. The Kier molecular flexibility index (Phi) is 5.15. The van der Waals surface area contributed by atoms with Crippen molar-refractivity contribution in [3.63, 3.8) is 0 Å². The van der Waals surface area contributed by atoms with Crippen LogP contribution in [0.2, 0.25) is 0 Å². The molecule has 110 valence electrons. The van der Waals surface area contributed by atoms with Crippen molar-refractivity contribution < 1.29 is 14.6 Å². The number of aromatic nitrogens is 1. The molecule has 0 radical (unpaired) electrons. The van der Waals surface area contributed by atoms with E-state index >= 15 is 0 Å². The molecule has 1 heterocycles. The molecule has 0 atom stereocenters. The van der Waals surface area contributed by atoms with Gasteiger partial charge in [0, 0.05) is 12.7 Å². The molecule has 0 aliphatic rings. The van der Waals surface area contributed by atoms with Gasteiger partial charge in [-0.15, -0.1) is 0 Å². The molecule has 1 aromatic heterocycles. The number of carbonyl (C=O) groups is 1. The van der Waals surface area contributed by atoms with Crippen LogP contribution in [0.25, 0.3) is 0 Å². The molecule has 0 saturated carbocycles.